The van der Waals surface area contributed by atoms with Gasteiger partial charge in [-0.25, -0.2) is 0 Å². The van der Waals surface area contributed by atoms with Crippen molar-refractivity contribution in [2.45, 2.75) is 30.6 Å². The van der Waals surface area contributed by atoms with Crippen LogP contribution in [0.3, 0.4) is 0 Å². The molecule has 0 aromatic carbocycles. The fourth-order valence-corrected chi connectivity index (χ4v) is 5.49. The summed E-state index contributed by atoms with van der Waals surface area (Å²) in [4.78, 5) is 12.1. The Morgan fingerprint density at radius 2 is 2.05 bits per heavy atom. The van der Waals surface area contributed by atoms with Crippen LogP contribution in [0.1, 0.15) is 19.3 Å². The third-order valence-electron chi connectivity index (χ3n) is 6.07. The molecule has 9 heteroatoms. The zero-order valence-corrected chi connectivity index (χ0v) is 11.6. The molecular formula is C12H14F2O6S. The van der Waals surface area contributed by atoms with Gasteiger partial charge in [-0.1, -0.05) is 0 Å². The lowest BCUT2D eigenvalue weighted by atomic mass is 9.38. The van der Waals surface area contributed by atoms with Crippen molar-refractivity contribution < 1.29 is 36.4 Å². The Morgan fingerprint density at radius 3 is 2.62 bits per heavy atom. The Labute approximate surface area is 119 Å². The fraction of sp³-hybridized carbons (Fsp3) is 0.917. The van der Waals surface area contributed by atoms with Crippen LogP contribution in [0.25, 0.3) is 0 Å². The van der Waals surface area contributed by atoms with Gasteiger partial charge in [0.05, 0.1) is 11.5 Å². The molecule has 0 heterocycles. The number of carbonyl (C=O) groups is 1. The van der Waals surface area contributed by atoms with Crippen LogP contribution in [0.5, 0.6) is 0 Å². The SMILES string of the molecule is O=C(OCC(F)(F)S(=O)(=O)O)C12CC3C(O)C4CC4(C1)C32. The second-order valence-electron chi connectivity index (χ2n) is 6.90. The van der Waals surface area contributed by atoms with Crippen LogP contribution < -0.4 is 0 Å². The smallest absolute Gasteiger partial charge is 0.402 e. The van der Waals surface area contributed by atoms with Crippen LogP contribution in [0.2, 0.25) is 0 Å². The lowest BCUT2D eigenvalue weighted by Gasteiger charge is -2.64. The van der Waals surface area contributed by atoms with Crippen molar-refractivity contribution in [3.8, 4) is 0 Å². The summed E-state index contributed by atoms with van der Waals surface area (Å²) >= 11 is 0. The molecular weight excluding hydrogens is 310 g/mol. The number of aliphatic hydroxyl groups excluding tert-OH is 1. The summed E-state index contributed by atoms with van der Waals surface area (Å²) in [5.41, 5.74) is -0.834. The van der Waals surface area contributed by atoms with E-state index in [1.54, 1.807) is 0 Å². The Balaban J connectivity index is 1.45. The maximum Gasteiger partial charge on any atom is 0.402 e. The number of hydrogen-bond donors (Lipinski definition) is 2. The van der Waals surface area contributed by atoms with Gasteiger partial charge in [0.25, 0.3) is 0 Å². The summed E-state index contributed by atoms with van der Waals surface area (Å²) in [7, 11) is -5.60. The van der Waals surface area contributed by atoms with Gasteiger partial charge in [-0.15, -0.1) is 0 Å². The van der Waals surface area contributed by atoms with Crippen molar-refractivity contribution in [2.75, 3.05) is 6.61 Å². The third kappa shape index (κ3) is 1.38. The van der Waals surface area contributed by atoms with E-state index in [9.17, 15) is 27.1 Å². The van der Waals surface area contributed by atoms with Gasteiger partial charge in [-0.2, -0.15) is 17.2 Å². The van der Waals surface area contributed by atoms with Gasteiger partial charge >= 0.3 is 21.3 Å². The molecule has 4 rings (SSSR count). The summed E-state index contributed by atoms with van der Waals surface area (Å²) in [6.07, 6.45) is 1.38. The average Bonchev–Trinajstić information content (AvgIpc) is 3.02. The molecule has 6 unspecified atom stereocenters. The first-order valence-corrected chi connectivity index (χ1v) is 8.19. The minimum Gasteiger partial charge on any atom is -0.458 e. The van der Waals surface area contributed by atoms with Crippen molar-refractivity contribution >= 4 is 16.1 Å². The van der Waals surface area contributed by atoms with Crippen LogP contribution in [0, 0.1) is 28.6 Å². The molecule has 4 aliphatic rings. The molecule has 0 amide bonds. The molecule has 4 aliphatic carbocycles. The first-order chi connectivity index (χ1) is 9.55. The second-order valence-corrected chi connectivity index (χ2v) is 8.45. The van der Waals surface area contributed by atoms with E-state index in [0.29, 0.717) is 12.8 Å². The van der Waals surface area contributed by atoms with E-state index in [1.165, 1.54) is 0 Å². The van der Waals surface area contributed by atoms with Gasteiger partial charge in [0.2, 0.25) is 0 Å². The van der Waals surface area contributed by atoms with E-state index in [2.05, 4.69) is 4.74 Å². The predicted molar refractivity (Wildman–Crippen MR) is 62.6 cm³/mol. The first-order valence-electron chi connectivity index (χ1n) is 6.75. The number of alkyl halides is 2. The van der Waals surface area contributed by atoms with Crippen LogP contribution in [0.15, 0.2) is 0 Å². The highest BCUT2D eigenvalue weighted by molar-refractivity contribution is 7.86. The molecule has 1 spiro atoms. The zero-order chi connectivity index (χ0) is 15.4. The molecule has 0 bridgehead atoms. The van der Waals surface area contributed by atoms with E-state index in [1.807, 2.05) is 0 Å². The van der Waals surface area contributed by atoms with Gasteiger partial charge in [-0.3, -0.25) is 9.35 Å². The molecule has 4 fully saturated rings. The van der Waals surface area contributed by atoms with Crippen LogP contribution in [-0.4, -0.2) is 42.0 Å². The second kappa shape index (κ2) is 3.41. The molecule has 2 N–H and O–H groups in total. The van der Waals surface area contributed by atoms with Gasteiger partial charge in [0.1, 0.15) is 0 Å². The number of esters is 1. The molecule has 21 heavy (non-hydrogen) atoms. The quantitative estimate of drug-likeness (QED) is 0.574. The van der Waals surface area contributed by atoms with E-state index < -0.39 is 39.5 Å². The van der Waals surface area contributed by atoms with Crippen LogP contribution in [-0.2, 0) is 19.6 Å². The Bertz CT molecular complexity index is 648. The Kier molecular flexibility index (Phi) is 2.25. The first kappa shape index (κ1) is 13.8. The number of rotatable bonds is 4. The normalized spacial score (nSPS) is 49.5. The third-order valence-corrected chi connectivity index (χ3v) is 6.94. The maximum atomic E-state index is 13.1. The summed E-state index contributed by atoms with van der Waals surface area (Å²) < 4.78 is 59.9. The van der Waals surface area contributed by atoms with E-state index in [-0.39, 0.29) is 23.2 Å². The number of halogens is 2. The standard InChI is InChI=1S/C12H14F2O6S/c13-12(14,21(17,18)19)4-20-9(16)11-1-5-7(15)6-2-10(6,3-11)8(5)11/h5-8,15H,1-4H2,(H,17,18,19). The van der Waals surface area contributed by atoms with Crippen molar-refractivity contribution in [2.24, 2.45) is 28.6 Å². The summed E-state index contributed by atoms with van der Waals surface area (Å²) in [6, 6.07) is 0. The number of aliphatic hydroxyl groups is 1. The van der Waals surface area contributed by atoms with Crippen molar-refractivity contribution in [1.29, 1.82) is 0 Å². The van der Waals surface area contributed by atoms with Gasteiger partial charge in [0, 0.05) is 0 Å². The number of carbonyl (C=O) groups excluding carboxylic acids is 1. The summed E-state index contributed by atoms with van der Waals surface area (Å²) in [5.74, 6) is -0.600. The molecule has 6 nitrogen and oxygen atoms in total. The summed E-state index contributed by atoms with van der Waals surface area (Å²) in [6.45, 7) is -1.68. The number of ether oxygens (including phenoxy) is 1. The van der Waals surface area contributed by atoms with Crippen LogP contribution >= 0.6 is 0 Å². The lowest BCUT2D eigenvalue weighted by Crippen LogP contribution is -2.65. The molecule has 6 atom stereocenters. The molecule has 118 valence electrons. The lowest BCUT2D eigenvalue weighted by molar-refractivity contribution is -0.224. The zero-order valence-electron chi connectivity index (χ0n) is 10.8. The molecule has 0 saturated heterocycles. The highest BCUT2D eigenvalue weighted by atomic mass is 32.2. The summed E-state index contributed by atoms with van der Waals surface area (Å²) in [5, 5.41) is 5.50. The fourth-order valence-electron chi connectivity index (χ4n) is 5.28. The van der Waals surface area contributed by atoms with E-state index >= 15 is 0 Å². The van der Waals surface area contributed by atoms with E-state index in [4.69, 9.17) is 4.55 Å². The van der Waals surface area contributed by atoms with Crippen molar-refractivity contribution in [3.05, 3.63) is 0 Å². The van der Waals surface area contributed by atoms with Crippen molar-refractivity contribution in [3.63, 3.8) is 0 Å². The molecule has 4 saturated carbocycles. The molecule has 0 aromatic heterocycles. The van der Waals surface area contributed by atoms with Gasteiger partial charge in [0.15, 0.2) is 6.61 Å². The average molecular weight is 324 g/mol. The monoisotopic (exact) mass is 324 g/mol. The predicted octanol–water partition coefficient (Wildman–Crippen LogP) is 0.417. The molecule has 0 radical (unpaired) electrons. The minimum atomic E-state index is -5.60. The minimum absolute atomic E-state index is 0.00702. The molecule has 0 aromatic rings. The highest BCUT2D eigenvalue weighted by Gasteiger charge is 2.89. The van der Waals surface area contributed by atoms with Crippen LogP contribution in [0.4, 0.5) is 8.78 Å². The van der Waals surface area contributed by atoms with E-state index in [0.717, 1.165) is 6.42 Å². The topological polar surface area (TPSA) is 101 Å². The number of hydrogen-bond acceptors (Lipinski definition) is 5. The highest BCUT2D eigenvalue weighted by Crippen LogP contribution is 2.90. The largest absolute Gasteiger partial charge is 0.458 e. The Morgan fingerprint density at radius 1 is 1.38 bits per heavy atom. The van der Waals surface area contributed by atoms with Gasteiger partial charge in [-0.05, 0) is 42.4 Å². The molecule has 0 aliphatic heterocycles. The Hall–Kier alpha value is -0.800. The maximum absolute atomic E-state index is 13.1. The van der Waals surface area contributed by atoms with Gasteiger partial charge < -0.3 is 9.84 Å². The van der Waals surface area contributed by atoms with Crippen molar-refractivity contribution in [1.82, 2.24) is 0 Å².